The zero-order valence-electron chi connectivity index (χ0n) is 13.4. The maximum Gasteiger partial charge on any atom is 0.137 e. The summed E-state index contributed by atoms with van der Waals surface area (Å²) in [6.07, 6.45) is 5.18. The molecule has 1 aromatic rings. The van der Waals surface area contributed by atoms with Crippen LogP contribution in [-0.4, -0.2) is 89.1 Å². The van der Waals surface area contributed by atoms with Gasteiger partial charge in [0.05, 0.1) is 44.7 Å². The average Bonchev–Trinajstić information content (AvgIpc) is 3.21. The van der Waals surface area contributed by atoms with Crippen LogP contribution in [0.4, 0.5) is 0 Å². The van der Waals surface area contributed by atoms with Crippen LogP contribution in [0.3, 0.4) is 0 Å². The summed E-state index contributed by atoms with van der Waals surface area (Å²) in [6.45, 7) is 5.32. The van der Waals surface area contributed by atoms with Gasteiger partial charge in [0.2, 0.25) is 0 Å². The molecule has 0 aromatic carbocycles. The second-order valence-electron chi connectivity index (χ2n) is 6.20. The van der Waals surface area contributed by atoms with Crippen molar-refractivity contribution in [3.05, 3.63) is 12.7 Å². The van der Waals surface area contributed by atoms with Crippen molar-refractivity contribution in [1.82, 2.24) is 19.7 Å². The van der Waals surface area contributed by atoms with Crippen LogP contribution in [0, 0.1) is 0 Å². The monoisotopic (exact) mass is 326 g/mol. The van der Waals surface area contributed by atoms with Crippen molar-refractivity contribution in [2.75, 3.05) is 46.1 Å². The Hall–Kier alpha value is -1.06. The van der Waals surface area contributed by atoms with E-state index in [-0.39, 0.29) is 12.2 Å². The molecule has 2 fully saturated rings. The van der Waals surface area contributed by atoms with Gasteiger partial charge < -0.3 is 19.3 Å². The SMILES string of the molecule is O[C@H](COC[C@@H]1CCCO1)CN1CCO[C@@H](Cn2cncn2)C1. The second kappa shape index (κ2) is 8.70. The van der Waals surface area contributed by atoms with Gasteiger partial charge in [0.15, 0.2) is 0 Å². The fourth-order valence-corrected chi connectivity index (χ4v) is 3.05. The molecule has 0 amide bonds. The Kier molecular flexibility index (Phi) is 6.35. The molecule has 0 aliphatic carbocycles. The number of nitrogens with zero attached hydrogens (tertiary/aromatic N) is 4. The first kappa shape index (κ1) is 16.8. The van der Waals surface area contributed by atoms with Crippen molar-refractivity contribution < 1.29 is 19.3 Å². The normalized spacial score (nSPS) is 27.3. The van der Waals surface area contributed by atoms with E-state index in [1.54, 1.807) is 11.0 Å². The minimum Gasteiger partial charge on any atom is -0.389 e. The standard InChI is InChI=1S/C15H26N4O4/c20-13(9-21-10-14-2-1-4-22-14)6-18-3-5-23-15(7-18)8-19-12-16-11-17-19/h11-15,20H,1-10H2/t13-,14-,15+/m0/s1. The summed E-state index contributed by atoms with van der Waals surface area (Å²) >= 11 is 0. The van der Waals surface area contributed by atoms with E-state index in [4.69, 9.17) is 14.2 Å². The molecule has 0 bridgehead atoms. The highest BCUT2D eigenvalue weighted by molar-refractivity contribution is 4.75. The number of hydrogen-bond acceptors (Lipinski definition) is 7. The van der Waals surface area contributed by atoms with Crippen molar-refractivity contribution in [2.45, 2.75) is 37.7 Å². The van der Waals surface area contributed by atoms with E-state index >= 15 is 0 Å². The first-order valence-electron chi connectivity index (χ1n) is 8.33. The third-order valence-electron chi connectivity index (χ3n) is 4.19. The minimum absolute atomic E-state index is 0.0745. The van der Waals surface area contributed by atoms with Crippen LogP contribution in [0.1, 0.15) is 12.8 Å². The molecule has 2 aliphatic heterocycles. The Morgan fingerprint density at radius 3 is 3.00 bits per heavy atom. The van der Waals surface area contributed by atoms with Crippen LogP contribution in [-0.2, 0) is 20.8 Å². The molecule has 3 heterocycles. The Balaban J connectivity index is 1.33. The Labute approximate surface area is 136 Å². The zero-order chi connectivity index (χ0) is 15.9. The molecule has 1 aromatic heterocycles. The predicted octanol–water partition coefficient (Wildman–Crippen LogP) is -0.465. The number of aliphatic hydroxyl groups excluding tert-OH is 1. The first-order chi connectivity index (χ1) is 11.3. The van der Waals surface area contributed by atoms with E-state index < -0.39 is 6.10 Å². The molecule has 0 spiro atoms. The van der Waals surface area contributed by atoms with Crippen molar-refractivity contribution in [3.63, 3.8) is 0 Å². The molecule has 2 aliphatic rings. The number of β-amino-alcohol motifs (C(OH)–C–C–N with tert-alkyl or cyclic N) is 1. The van der Waals surface area contributed by atoms with Crippen LogP contribution in [0.5, 0.6) is 0 Å². The van der Waals surface area contributed by atoms with Gasteiger partial charge in [-0.2, -0.15) is 5.10 Å². The topological polar surface area (TPSA) is 81.9 Å². The van der Waals surface area contributed by atoms with Crippen molar-refractivity contribution in [2.24, 2.45) is 0 Å². The molecule has 8 heteroatoms. The van der Waals surface area contributed by atoms with Gasteiger partial charge in [-0.3, -0.25) is 9.58 Å². The molecule has 0 saturated carbocycles. The summed E-state index contributed by atoms with van der Waals surface area (Å²) in [6, 6.07) is 0. The Bertz CT molecular complexity index is 439. The summed E-state index contributed by atoms with van der Waals surface area (Å²) in [5.41, 5.74) is 0. The summed E-state index contributed by atoms with van der Waals surface area (Å²) < 4.78 is 18.6. The summed E-state index contributed by atoms with van der Waals surface area (Å²) in [7, 11) is 0. The van der Waals surface area contributed by atoms with E-state index in [1.165, 1.54) is 6.33 Å². The molecule has 3 atom stereocenters. The maximum absolute atomic E-state index is 10.1. The van der Waals surface area contributed by atoms with E-state index in [2.05, 4.69) is 15.0 Å². The van der Waals surface area contributed by atoms with Crippen LogP contribution in [0.15, 0.2) is 12.7 Å². The van der Waals surface area contributed by atoms with Gasteiger partial charge in [0.1, 0.15) is 12.7 Å². The molecule has 1 N–H and O–H groups in total. The van der Waals surface area contributed by atoms with E-state index in [0.29, 0.717) is 32.9 Å². The molecule has 8 nitrogen and oxygen atoms in total. The van der Waals surface area contributed by atoms with Crippen LogP contribution >= 0.6 is 0 Å². The molecule has 0 radical (unpaired) electrons. The highest BCUT2D eigenvalue weighted by Crippen LogP contribution is 2.12. The van der Waals surface area contributed by atoms with Crippen molar-refractivity contribution in [1.29, 1.82) is 0 Å². The Morgan fingerprint density at radius 1 is 1.30 bits per heavy atom. The van der Waals surface area contributed by atoms with Gasteiger partial charge >= 0.3 is 0 Å². The number of ether oxygens (including phenoxy) is 3. The summed E-state index contributed by atoms with van der Waals surface area (Å²) in [5, 5.41) is 14.2. The van der Waals surface area contributed by atoms with Gasteiger partial charge in [-0.25, -0.2) is 4.98 Å². The first-order valence-corrected chi connectivity index (χ1v) is 8.33. The maximum atomic E-state index is 10.1. The number of aromatic nitrogens is 3. The lowest BCUT2D eigenvalue weighted by atomic mass is 10.2. The second-order valence-corrected chi connectivity index (χ2v) is 6.20. The lowest BCUT2D eigenvalue weighted by Gasteiger charge is -2.33. The molecule has 0 unspecified atom stereocenters. The van der Waals surface area contributed by atoms with Crippen LogP contribution in [0.25, 0.3) is 0 Å². The highest BCUT2D eigenvalue weighted by Gasteiger charge is 2.23. The highest BCUT2D eigenvalue weighted by atomic mass is 16.5. The van der Waals surface area contributed by atoms with Crippen molar-refractivity contribution in [3.8, 4) is 0 Å². The van der Waals surface area contributed by atoms with Gasteiger partial charge in [-0.05, 0) is 12.8 Å². The van der Waals surface area contributed by atoms with E-state index in [9.17, 15) is 5.11 Å². The third-order valence-corrected chi connectivity index (χ3v) is 4.19. The number of aliphatic hydroxyl groups is 1. The lowest BCUT2D eigenvalue weighted by molar-refractivity contribution is -0.0631. The van der Waals surface area contributed by atoms with E-state index in [0.717, 1.165) is 32.5 Å². The number of morpholine rings is 1. The zero-order valence-corrected chi connectivity index (χ0v) is 13.4. The average molecular weight is 326 g/mol. The van der Waals surface area contributed by atoms with Crippen LogP contribution in [0.2, 0.25) is 0 Å². The predicted molar refractivity (Wildman–Crippen MR) is 82.0 cm³/mol. The van der Waals surface area contributed by atoms with Crippen LogP contribution < -0.4 is 0 Å². The van der Waals surface area contributed by atoms with Gasteiger partial charge in [0.25, 0.3) is 0 Å². The van der Waals surface area contributed by atoms with Gasteiger partial charge in [-0.1, -0.05) is 0 Å². The largest absolute Gasteiger partial charge is 0.389 e. The number of hydrogen-bond donors (Lipinski definition) is 1. The number of rotatable bonds is 8. The smallest absolute Gasteiger partial charge is 0.137 e. The van der Waals surface area contributed by atoms with Crippen molar-refractivity contribution >= 4 is 0 Å². The molecular formula is C15H26N4O4. The minimum atomic E-state index is -0.485. The van der Waals surface area contributed by atoms with E-state index in [1.807, 2.05) is 0 Å². The fourth-order valence-electron chi connectivity index (χ4n) is 3.05. The molecule has 130 valence electrons. The fraction of sp³-hybridized carbons (Fsp3) is 0.867. The molecule has 2 saturated heterocycles. The summed E-state index contributed by atoms with van der Waals surface area (Å²) in [5.74, 6) is 0. The van der Waals surface area contributed by atoms with Gasteiger partial charge in [0, 0.05) is 26.2 Å². The molecule has 23 heavy (non-hydrogen) atoms. The molecule has 3 rings (SSSR count). The summed E-state index contributed by atoms with van der Waals surface area (Å²) in [4.78, 5) is 6.15. The lowest BCUT2D eigenvalue weighted by Crippen LogP contribution is -2.47. The Morgan fingerprint density at radius 2 is 2.22 bits per heavy atom. The van der Waals surface area contributed by atoms with Gasteiger partial charge in [-0.15, -0.1) is 0 Å². The third kappa shape index (κ3) is 5.50. The molecular weight excluding hydrogens is 300 g/mol. The quantitative estimate of drug-likeness (QED) is 0.692.